The standard InChI is InChI=1S/C14H18O7/c15-13(19-5-7-3-17-7)9-1-11-12(21-11)2-10(9)14(16)20-6-8-4-18-8/h7-12H,1-6H2/t7-,8-,9+,10+,11+,12+/m0/s1. The van der Waals surface area contributed by atoms with E-state index >= 15 is 0 Å². The molecule has 3 heterocycles. The lowest BCUT2D eigenvalue weighted by molar-refractivity contribution is -0.162. The van der Waals surface area contributed by atoms with Gasteiger partial charge in [-0.15, -0.1) is 0 Å². The van der Waals surface area contributed by atoms with E-state index in [0.717, 1.165) is 0 Å². The number of ether oxygens (including phenoxy) is 5. The third-order valence-corrected chi connectivity index (χ3v) is 4.38. The second kappa shape index (κ2) is 5.23. The highest BCUT2D eigenvalue weighted by molar-refractivity contribution is 5.82. The zero-order valence-electron chi connectivity index (χ0n) is 11.6. The van der Waals surface area contributed by atoms with Gasteiger partial charge < -0.3 is 23.7 Å². The molecule has 0 aromatic carbocycles. The van der Waals surface area contributed by atoms with E-state index < -0.39 is 11.8 Å². The summed E-state index contributed by atoms with van der Waals surface area (Å²) in [4.78, 5) is 24.4. The van der Waals surface area contributed by atoms with Crippen molar-refractivity contribution in [3.05, 3.63) is 0 Å². The molecule has 4 rings (SSSR count). The maximum atomic E-state index is 12.2. The van der Waals surface area contributed by atoms with Crippen LogP contribution in [0.25, 0.3) is 0 Å². The number of hydrogen-bond acceptors (Lipinski definition) is 7. The SMILES string of the molecule is O=C(OC[C@@H]1CO1)[C@@H]1C[C@H]2O[C@@H]2C[C@H]1C(=O)OC[C@@H]1CO1. The lowest BCUT2D eigenvalue weighted by Gasteiger charge is -2.26. The van der Waals surface area contributed by atoms with Crippen molar-refractivity contribution in [2.45, 2.75) is 37.3 Å². The minimum absolute atomic E-state index is 0.0277. The molecule has 7 heteroatoms. The Morgan fingerprint density at radius 3 is 1.67 bits per heavy atom. The highest BCUT2D eigenvalue weighted by atomic mass is 16.6. The average Bonchev–Trinajstić information content (AvgIpc) is 3.37. The Bertz CT molecular complexity index is 403. The maximum Gasteiger partial charge on any atom is 0.310 e. The average molecular weight is 298 g/mol. The van der Waals surface area contributed by atoms with Crippen molar-refractivity contribution in [3.8, 4) is 0 Å². The van der Waals surface area contributed by atoms with E-state index in [-0.39, 0.29) is 49.6 Å². The predicted octanol–water partition coefficient (Wildman–Crippen LogP) is -0.336. The van der Waals surface area contributed by atoms with Crippen molar-refractivity contribution in [3.63, 3.8) is 0 Å². The highest BCUT2D eigenvalue weighted by Gasteiger charge is 2.53. The second-order valence-corrected chi connectivity index (χ2v) is 6.07. The van der Waals surface area contributed by atoms with E-state index in [4.69, 9.17) is 23.7 Å². The summed E-state index contributed by atoms with van der Waals surface area (Å²) in [6, 6.07) is 0. The Kier molecular flexibility index (Phi) is 3.35. The molecule has 0 spiro atoms. The van der Waals surface area contributed by atoms with Crippen molar-refractivity contribution >= 4 is 11.9 Å². The Hall–Kier alpha value is -1.18. The van der Waals surface area contributed by atoms with Crippen molar-refractivity contribution in [1.82, 2.24) is 0 Å². The van der Waals surface area contributed by atoms with Gasteiger partial charge in [-0.05, 0) is 12.8 Å². The summed E-state index contributed by atoms with van der Waals surface area (Å²) >= 11 is 0. The zero-order valence-corrected chi connectivity index (χ0v) is 11.6. The van der Waals surface area contributed by atoms with Gasteiger partial charge in [0.2, 0.25) is 0 Å². The van der Waals surface area contributed by atoms with Gasteiger partial charge in [0.05, 0.1) is 37.3 Å². The number of fused-ring (bicyclic) bond motifs is 1. The van der Waals surface area contributed by atoms with Crippen LogP contribution < -0.4 is 0 Å². The molecule has 3 saturated heterocycles. The summed E-state index contributed by atoms with van der Waals surface area (Å²) < 4.78 is 26.0. The molecule has 3 aliphatic heterocycles. The van der Waals surface area contributed by atoms with Crippen molar-refractivity contribution in [1.29, 1.82) is 0 Å². The Balaban J connectivity index is 1.35. The summed E-state index contributed by atoms with van der Waals surface area (Å²) in [5, 5.41) is 0. The summed E-state index contributed by atoms with van der Waals surface area (Å²) in [6.07, 6.45) is 1.31. The second-order valence-electron chi connectivity index (χ2n) is 6.07. The maximum absolute atomic E-state index is 12.2. The molecule has 7 nitrogen and oxygen atoms in total. The molecule has 0 bridgehead atoms. The van der Waals surface area contributed by atoms with Crippen LogP contribution >= 0.6 is 0 Å². The number of carbonyl (C=O) groups is 2. The van der Waals surface area contributed by atoms with Crippen LogP contribution in [0.5, 0.6) is 0 Å². The van der Waals surface area contributed by atoms with Crippen LogP contribution in [0.1, 0.15) is 12.8 Å². The lowest BCUT2D eigenvalue weighted by Crippen LogP contribution is -2.38. The number of hydrogen-bond donors (Lipinski definition) is 0. The van der Waals surface area contributed by atoms with Gasteiger partial charge in [-0.3, -0.25) is 9.59 Å². The molecule has 0 N–H and O–H groups in total. The van der Waals surface area contributed by atoms with Crippen molar-refractivity contribution in [2.24, 2.45) is 11.8 Å². The molecule has 1 saturated carbocycles. The summed E-state index contributed by atoms with van der Waals surface area (Å²) in [6.45, 7) is 1.81. The van der Waals surface area contributed by atoms with E-state index in [1.165, 1.54) is 0 Å². The van der Waals surface area contributed by atoms with Gasteiger partial charge in [0.15, 0.2) is 0 Å². The van der Waals surface area contributed by atoms with Crippen LogP contribution in [0, 0.1) is 11.8 Å². The molecule has 0 aromatic heterocycles. The van der Waals surface area contributed by atoms with Gasteiger partial charge in [0.25, 0.3) is 0 Å². The highest BCUT2D eigenvalue weighted by Crippen LogP contribution is 2.44. The molecule has 0 radical (unpaired) electrons. The number of carbonyl (C=O) groups excluding carboxylic acids is 2. The van der Waals surface area contributed by atoms with Crippen LogP contribution in [0.3, 0.4) is 0 Å². The third-order valence-electron chi connectivity index (χ3n) is 4.38. The van der Waals surface area contributed by atoms with E-state index in [2.05, 4.69) is 0 Å². The van der Waals surface area contributed by atoms with E-state index in [9.17, 15) is 9.59 Å². The van der Waals surface area contributed by atoms with Crippen molar-refractivity contribution < 1.29 is 33.3 Å². The third kappa shape index (κ3) is 3.20. The monoisotopic (exact) mass is 298 g/mol. The fourth-order valence-electron chi connectivity index (χ4n) is 2.84. The van der Waals surface area contributed by atoms with Gasteiger partial charge in [-0.2, -0.15) is 0 Å². The predicted molar refractivity (Wildman–Crippen MR) is 66.3 cm³/mol. The van der Waals surface area contributed by atoms with Gasteiger partial charge in [0.1, 0.15) is 25.4 Å². The first-order chi connectivity index (χ1) is 10.2. The molecule has 6 atom stereocenters. The Morgan fingerprint density at radius 2 is 1.29 bits per heavy atom. The fraction of sp³-hybridized carbons (Fsp3) is 0.857. The number of epoxide rings is 3. The summed E-state index contributed by atoms with van der Waals surface area (Å²) in [7, 11) is 0. The summed E-state index contributed by atoms with van der Waals surface area (Å²) in [5.74, 6) is -1.63. The van der Waals surface area contributed by atoms with E-state index in [0.29, 0.717) is 26.1 Å². The van der Waals surface area contributed by atoms with Crippen LogP contribution in [0.4, 0.5) is 0 Å². The minimum Gasteiger partial charge on any atom is -0.463 e. The normalized spacial score (nSPS) is 42.7. The summed E-state index contributed by atoms with van der Waals surface area (Å²) in [5.41, 5.74) is 0. The molecule has 21 heavy (non-hydrogen) atoms. The zero-order chi connectivity index (χ0) is 14.4. The Labute approximate surface area is 121 Å². The molecule has 0 aromatic rings. The Morgan fingerprint density at radius 1 is 0.857 bits per heavy atom. The van der Waals surface area contributed by atoms with Gasteiger partial charge in [-0.1, -0.05) is 0 Å². The molecule has 0 amide bonds. The smallest absolute Gasteiger partial charge is 0.310 e. The molecule has 4 aliphatic rings. The molecular formula is C14H18O7. The molecule has 1 aliphatic carbocycles. The minimum atomic E-state index is -0.472. The molecule has 0 unspecified atom stereocenters. The van der Waals surface area contributed by atoms with Crippen molar-refractivity contribution in [2.75, 3.05) is 26.4 Å². The van der Waals surface area contributed by atoms with E-state index in [1.807, 2.05) is 0 Å². The van der Waals surface area contributed by atoms with Crippen LogP contribution in [-0.2, 0) is 33.3 Å². The fourth-order valence-corrected chi connectivity index (χ4v) is 2.84. The quantitative estimate of drug-likeness (QED) is 0.489. The van der Waals surface area contributed by atoms with Gasteiger partial charge in [0, 0.05) is 0 Å². The first kappa shape index (κ1) is 13.5. The van der Waals surface area contributed by atoms with E-state index in [1.54, 1.807) is 0 Å². The molecular weight excluding hydrogens is 280 g/mol. The van der Waals surface area contributed by atoms with Crippen LogP contribution in [-0.4, -0.2) is 62.8 Å². The molecule has 116 valence electrons. The number of esters is 2. The lowest BCUT2D eigenvalue weighted by atomic mass is 9.79. The topological polar surface area (TPSA) is 90.2 Å². The number of rotatable bonds is 6. The van der Waals surface area contributed by atoms with Crippen LogP contribution in [0.15, 0.2) is 0 Å². The van der Waals surface area contributed by atoms with Gasteiger partial charge >= 0.3 is 11.9 Å². The van der Waals surface area contributed by atoms with Gasteiger partial charge in [-0.25, -0.2) is 0 Å². The first-order valence-electron chi connectivity index (χ1n) is 7.42. The first-order valence-corrected chi connectivity index (χ1v) is 7.42. The molecule has 4 fully saturated rings. The van der Waals surface area contributed by atoms with Crippen LogP contribution in [0.2, 0.25) is 0 Å². The largest absolute Gasteiger partial charge is 0.463 e.